The number of amides is 2. The van der Waals surface area contributed by atoms with Gasteiger partial charge in [0.15, 0.2) is 0 Å². The van der Waals surface area contributed by atoms with Crippen LogP contribution >= 0.6 is 11.6 Å². The molecule has 0 radical (unpaired) electrons. The van der Waals surface area contributed by atoms with Gasteiger partial charge in [-0.1, -0.05) is 66.6 Å². The number of nitrogens with zero attached hydrogens (tertiary/aromatic N) is 2. The van der Waals surface area contributed by atoms with Crippen LogP contribution in [0.15, 0.2) is 77.7 Å². The number of benzene rings is 3. The molecule has 12 heteroatoms. The van der Waals surface area contributed by atoms with Crippen LogP contribution in [0.3, 0.4) is 0 Å². The van der Waals surface area contributed by atoms with Crippen molar-refractivity contribution in [2.75, 3.05) is 17.4 Å². The number of hydrogen-bond donors (Lipinski definition) is 1. The SMILES string of the molecule is CCCNC(=O)[C@H](C)N(Cc1cccc(C)c1)C(=O)CN(c1cc(C(F)(F)F)ccc1Cl)S(=O)(=O)c1ccccc1. The van der Waals surface area contributed by atoms with E-state index in [0.29, 0.717) is 28.9 Å². The fourth-order valence-electron chi connectivity index (χ4n) is 4.10. The Morgan fingerprint density at radius 2 is 1.68 bits per heavy atom. The quantitative estimate of drug-likeness (QED) is 0.297. The van der Waals surface area contributed by atoms with Gasteiger partial charge in [0, 0.05) is 13.1 Å². The Morgan fingerprint density at radius 1 is 1.00 bits per heavy atom. The third-order valence-electron chi connectivity index (χ3n) is 6.30. The highest BCUT2D eigenvalue weighted by Crippen LogP contribution is 2.37. The van der Waals surface area contributed by atoms with Crippen molar-refractivity contribution in [2.24, 2.45) is 0 Å². The van der Waals surface area contributed by atoms with E-state index < -0.39 is 51.9 Å². The molecule has 0 saturated heterocycles. The second kappa shape index (κ2) is 13.4. The summed E-state index contributed by atoms with van der Waals surface area (Å²) in [6.45, 7) is 4.64. The summed E-state index contributed by atoms with van der Waals surface area (Å²) in [5, 5.41) is 2.43. The lowest BCUT2D eigenvalue weighted by atomic mass is 10.1. The molecule has 7 nitrogen and oxygen atoms in total. The van der Waals surface area contributed by atoms with Gasteiger partial charge in [-0.15, -0.1) is 0 Å². The Bertz CT molecular complexity index is 1480. The molecule has 3 aromatic carbocycles. The van der Waals surface area contributed by atoms with Crippen molar-refractivity contribution in [3.8, 4) is 0 Å². The van der Waals surface area contributed by atoms with Crippen molar-refractivity contribution < 1.29 is 31.2 Å². The molecular weight excluding hydrogens is 579 g/mol. The minimum absolute atomic E-state index is 0.0449. The van der Waals surface area contributed by atoms with Crippen LogP contribution in [0, 0.1) is 6.92 Å². The molecular formula is C29H31ClF3N3O4S. The number of sulfonamides is 1. The Hall–Kier alpha value is -3.57. The molecule has 41 heavy (non-hydrogen) atoms. The molecule has 0 unspecified atom stereocenters. The molecule has 2 amide bonds. The van der Waals surface area contributed by atoms with E-state index in [2.05, 4.69) is 5.32 Å². The monoisotopic (exact) mass is 609 g/mol. The molecule has 0 saturated carbocycles. The number of rotatable bonds is 11. The number of nitrogens with one attached hydrogen (secondary N) is 1. The third kappa shape index (κ3) is 8.01. The fraction of sp³-hybridized carbons (Fsp3) is 0.310. The molecule has 1 atom stereocenters. The number of anilines is 1. The molecule has 3 aromatic rings. The molecule has 3 rings (SSSR count). The predicted molar refractivity (Wildman–Crippen MR) is 152 cm³/mol. The van der Waals surface area contributed by atoms with Gasteiger partial charge in [-0.2, -0.15) is 13.2 Å². The van der Waals surface area contributed by atoms with E-state index in [1.165, 1.54) is 36.1 Å². The van der Waals surface area contributed by atoms with E-state index in [1.54, 1.807) is 18.2 Å². The average Bonchev–Trinajstić information content (AvgIpc) is 2.93. The van der Waals surface area contributed by atoms with E-state index in [-0.39, 0.29) is 16.5 Å². The van der Waals surface area contributed by atoms with E-state index in [4.69, 9.17) is 11.6 Å². The summed E-state index contributed by atoms with van der Waals surface area (Å²) in [7, 11) is -4.57. The van der Waals surface area contributed by atoms with Crippen molar-refractivity contribution in [2.45, 2.75) is 50.9 Å². The van der Waals surface area contributed by atoms with E-state index in [1.807, 2.05) is 26.0 Å². The van der Waals surface area contributed by atoms with Gasteiger partial charge in [0.2, 0.25) is 11.8 Å². The van der Waals surface area contributed by atoms with Crippen molar-refractivity contribution >= 4 is 39.1 Å². The fourth-order valence-corrected chi connectivity index (χ4v) is 5.81. The number of hydrogen-bond acceptors (Lipinski definition) is 4. The second-order valence-electron chi connectivity index (χ2n) is 9.47. The van der Waals surface area contributed by atoms with Crippen LogP contribution in [0.1, 0.15) is 37.0 Å². The van der Waals surface area contributed by atoms with Crippen molar-refractivity contribution in [1.82, 2.24) is 10.2 Å². The first kappa shape index (κ1) is 32.0. The molecule has 0 fully saturated rings. The average molecular weight is 610 g/mol. The largest absolute Gasteiger partial charge is 0.416 e. The Kier molecular flexibility index (Phi) is 10.4. The predicted octanol–water partition coefficient (Wildman–Crippen LogP) is 5.81. The maximum atomic E-state index is 13.9. The van der Waals surface area contributed by atoms with E-state index in [0.717, 1.165) is 17.7 Å². The first-order chi connectivity index (χ1) is 19.3. The third-order valence-corrected chi connectivity index (χ3v) is 8.40. The Balaban J connectivity index is 2.12. The van der Waals surface area contributed by atoms with Crippen LogP contribution in [0.2, 0.25) is 5.02 Å². The van der Waals surface area contributed by atoms with Gasteiger partial charge in [0.25, 0.3) is 10.0 Å². The smallest absolute Gasteiger partial charge is 0.354 e. The number of aryl methyl sites for hydroxylation is 1. The van der Waals surface area contributed by atoms with Crippen LogP contribution in [0.25, 0.3) is 0 Å². The second-order valence-corrected chi connectivity index (χ2v) is 11.7. The number of halogens is 4. The van der Waals surface area contributed by atoms with Crippen LogP contribution in [0.4, 0.5) is 18.9 Å². The zero-order chi connectivity index (χ0) is 30.4. The van der Waals surface area contributed by atoms with E-state index >= 15 is 0 Å². The van der Waals surface area contributed by atoms with Gasteiger partial charge >= 0.3 is 6.18 Å². The first-order valence-electron chi connectivity index (χ1n) is 12.8. The van der Waals surface area contributed by atoms with Gasteiger partial charge in [-0.25, -0.2) is 8.42 Å². The zero-order valence-corrected chi connectivity index (χ0v) is 24.4. The van der Waals surface area contributed by atoms with Gasteiger partial charge in [0.1, 0.15) is 12.6 Å². The molecule has 0 bridgehead atoms. The lowest BCUT2D eigenvalue weighted by molar-refractivity contribution is -0.139. The highest BCUT2D eigenvalue weighted by atomic mass is 35.5. The molecule has 220 valence electrons. The van der Waals surface area contributed by atoms with Crippen molar-refractivity contribution in [1.29, 1.82) is 0 Å². The van der Waals surface area contributed by atoms with Crippen molar-refractivity contribution in [3.63, 3.8) is 0 Å². The van der Waals surface area contributed by atoms with Crippen LogP contribution in [0.5, 0.6) is 0 Å². The zero-order valence-electron chi connectivity index (χ0n) is 22.8. The lowest BCUT2D eigenvalue weighted by Crippen LogP contribution is -2.51. The number of carbonyl (C=O) groups excluding carboxylic acids is 2. The normalized spacial score (nSPS) is 12.5. The summed E-state index contributed by atoms with van der Waals surface area (Å²) in [5.41, 5.74) is -0.0658. The maximum absolute atomic E-state index is 13.9. The topological polar surface area (TPSA) is 86.8 Å². The number of alkyl halides is 3. The molecule has 0 spiro atoms. The van der Waals surface area contributed by atoms with Gasteiger partial charge in [-0.3, -0.25) is 13.9 Å². The maximum Gasteiger partial charge on any atom is 0.416 e. The number of carbonyl (C=O) groups is 2. The van der Waals surface area contributed by atoms with Gasteiger partial charge in [-0.05, 0) is 56.2 Å². The Labute approximate surface area is 243 Å². The first-order valence-corrected chi connectivity index (χ1v) is 14.6. The molecule has 0 aromatic heterocycles. The van der Waals surface area contributed by atoms with Gasteiger partial charge in [0.05, 0.1) is 21.2 Å². The molecule has 0 aliphatic heterocycles. The summed E-state index contributed by atoms with van der Waals surface area (Å²) in [5.74, 6) is -1.26. The highest BCUT2D eigenvalue weighted by molar-refractivity contribution is 7.92. The van der Waals surface area contributed by atoms with Crippen LogP contribution in [-0.2, 0) is 32.3 Å². The molecule has 0 aliphatic carbocycles. The summed E-state index contributed by atoms with van der Waals surface area (Å²) in [4.78, 5) is 27.7. The standard InChI is InChI=1S/C29H31ClF3N3O4S/c1-4-15-34-28(38)21(3)35(18-22-10-8-9-20(2)16-22)27(37)19-36(41(39,40)24-11-6-5-7-12-24)26-17-23(29(31,32)33)13-14-25(26)30/h5-14,16-17,21H,4,15,18-19H2,1-3H3,(H,34,38)/t21-/m0/s1. The molecule has 0 heterocycles. The van der Waals surface area contributed by atoms with Crippen molar-refractivity contribution in [3.05, 3.63) is 94.5 Å². The lowest BCUT2D eigenvalue weighted by Gasteiger charge is -2.32. The highest BCUT2D eigenvalue weighted by Gasteiger charge is 2.36. The van der Waals surface area contributed by atoms with Crippen LogP contribution < -0.4 is 9.62 Å². The Morgan fingerprint density at radius 3 is 2.29 bits per heavy atom. The summed E-state index contributed by atoms with van der Waals surface area (Å²) in [6, 6.07) is 15.5. The summed E-state index contributed by atoms with van der Waals surface area (Å²) >= 11 is 6.25. The molecule has 1 N–H and O–H groups in total. The van der Waals surface area contributed by atoms with Gasteiger partial charge < -0.3 is 10.2 Å². The molecule has 0 aliphatic rings. The summed E-state index contributed by atoms with van der Waals surface area (Å²) < 4.78 is 69.0. The minimum atomic E-state index is -4.80. The van der Waals surface area contributed by atoms with E-state index in [9.17, 15) is 31.2 Å². The minimum Gasteiger partial charge on any atom is -0.354 e. The summed E-state index contributed by atoms with van der Waals surface area (Å²) in [6.07, 6.45) is -4.14. The van der Waals surface area contributed by atoms with Crippen LogP contribution in [-0.4, -0.2) is 44.3 Å².